The Kier molecular flexibility index (Phi) is 8.74. The van der Waals surface area contributed by atoms with Crippen LogP contribution in [0.5, 0.6) is 0 Å². The van der Waals surface area contributed by atoms with Crippen LogP contribution in [0.4, 0.5) is 0 Å². The molecule has 2 atom stereocenters. The molecule has 0 aliphatic rings. The molecular weight excluding hydrogens is 330 g/mol. The number of nitrogens with zero attached hydrogens (tertiary/aromatic N) is 1. The lowest BCUT2D eigenvalue weighted by Crippen LogP contribution is -2.38. The summed E-state index contributed by atoms with van der Waals surface area (Å²) in [7, 11) is 0. The van der Waals surface area contributed by atoms with Crippen LogP contribution in [-0.2, 0) is 4.74 Å². The summed E-state index contributed by atoms with van der Waals surface area (Å²) in [6.07, 6.45) is -0.959. The smallest absolute Gasteiger partial charge is 0.108 e. The largest absolute Gasteiger partial charge is 0.395 e. The first kappa shape index (κ1) is 20.6. The SMILES string of the molecule is Cc1ccccc1[C@@H](OC[C@@H](O)CN(CCO)CCO)c1ccccc1. The third kappa shape index (κ3) is 6.20. The van der Waals surface area contributed by atoms with Gasteiger partial charge in [0.05, 0.1) is 25.9 Å². The van der Waals surface area contributed by atoms with Crippen LogP contribution in [0.3, 0.4) is 0 Å². The van der Waals surface area contributed by atoms with Crippen molar-refractivity contribution in [2.75, 3.05) is 39.5 Å². The van der Waals surface area contributed by atoms with Gasteiger partial charge in [0, 0.05) is 19.6 Å². The Labute approximate surface area is 155 Å². The number of aliphatic hydroxyl groups excluding tert-OH is 3. The van der Waals surface area contributed by atoms with Gasteiger partial charge in [-0.1, -0.05) is 54.6 Å². The second kappa shape index (κ2) is 11.1. The van der Waals surface area contributed by atoms with Gasteiger partial charge in [0.25, 0.3) is 0 Å². The summed E-state index contributed by atoms with van der Waals surface area (Å²) in [5.41, 5.74) is 3.25. The van der Waals surface area contributed by atoms with Crippen LogP contribution < -0.4 is 0 Å². The van der Waals surface area contributed by atoms with E-state index in [1.54, 1.807) is 0 Å². The van der Waals surface area contributed by atoms with Crippen molar-refractivity contribution in [1.82, 2.24) is 4.90 Å². The van der Waals surface area contributed by atoms with E-state index in [0.717, 1.165) is 16.7 Å². The highest BCUT2D eigenvalue weighted by Crippen LogP contribution is 2.28. The number of aryl methyl sites for hydroxylation is 1. The Morgan fingerprint density at radius 1 is 0.923 bits per heavy atom. The summed E-state index contributed by atoms with van der Waals surface area (Å²) in [5, 5.41) is 28.5. The molecule has 0 aliphatic carbocycles. The minimum absolute atomic E-state index is 0.0105. The average Bonchev–Trinajstić information content (AvgIpc) is 2.64. The summed E-state index contributed by atoms with van der Waals surface area (Å²) in [6.45, 7) is 3.37. The summed E-state index contributed by atoms with van der Waals surface area (Å²) >= 11 is 0. The first-order valence-corrected chi connectivity index (χ1v) is 9.00. The molecule has 0 bridgehead atoms. The Hall–Kier alpha value is -1.76. The number of hydrogen-bond donors (Lipinski definition) is 3. The molecule has 3 N–H and O–H groups in total. The molecule has 5 heteroatoms. The van der Waals surface area contributed by atoms with Gasteiger partial charge in [-0.15, -0.1) is 0 Å². The highest BCUT2D eigenvalue weighted by Gasteiger charge is 2.19. The molecule has 26 heavy (non-hydrogen) atoms. The fraction of sp³-hybridized carbons (Fsp3) is 0.429. The normalized spacial score (nSPS) is 13.7. The quantitative estimate of drug-likeness (QED) is 0.570. The second-order valence-electron chi connectivity index (χ2n) is 6.38. The predicted octanol–water partition coefficient (Wildman–Crippen LogP) is 1.75. The maximum absolute atomic E-state index is 10.4. The monoisotopic (exact) mass is 359 g/mol. The first-order chi connectivity index (χ1) is 12.7. The fourth-order valence-corrected chi connectivity index (χ4v) is 3.01. The van der Waals surface area contributed by atoms with Gasteiger partial charge >= 0.3 is 0 Å². The van der Waals surface area contributed by atoms with Crippen LogP contribution >= 0.6 is 0 Å². The van der Waals surface area contributed by atoms with E-state index in [-0.39, 0.29) is 25.9 Å². The van der Waals surface area contributed by atoms with Gasteiger partial charge in [-0.2, -0.15) is 0 Å². The predicted molar refractivity (Wildman–Crippen MR) is 102 cm³/mol. The van der Waals surface area contributed by atoms with E-state index >= 15 is 0 Å². The zero-order chi connectivity index (χ0) is 18.8. The maximum atomic E-state index is 10.4. The molecule has 0 saturated heterocycles. The molecule has 0 fully saturated rings. The molecule has 0 unspecified atom stereocenters. The van der Waals surface area contributed by atoms with Crippen molar-refractivity contribution >= 4 is 0 Å². The van der Waals surface area contributed by atoms with Gasteiger partial charge < -0.3 is 20.1 Å². The van der Waals surface area contributed by atoms with Crippen molar-refractivity contribution in [3.05, 3.63) is 71.3 Å². The van der Waals surface area contributed by atoms with E-state index in [9.17, 15) is 5.11 Å². The number of benzene rings is 2. The summed E-state index contributed by atoms with van der Waals surface area (Å²) in [5.74, 6) is 0. The molecule has 0 radical (unpaired) electrons. The Balaban J connectivity index is 2.07. The number of rotatable bonds is 11. The van der Waals surface area contributed by atoms with Crippen LogP contribution in [0.1, 0.15) is 22.8 Å². The molecule has 2 rings (SSSR count). The number of hydrogen-bond acceptors (Lipinski definition) is 5. The zero-order valence-corrected chi connectivity index (χ0v) is 15.3. The molecule has 0 saturated carbocycles. The minimum Gasteiger partial charge on any atom is -0.395 e. The van der Waals surface area contributed by atoms with Crippen molar-refractivity contribution < 1.29 is 20.1 Å². The molecule has 2 aromatic rings. The summed E-state index contributed by atoms with van der Waals surface area (Å²) in [4.78, 5) is 1.82. The molecule has 5 nitrogen and oxygen atoms in total. The van der Waals surface area contributed by atoms with Gasteiger partial charge in [-0.25, -0.2) is 0 Å². The van der Waals surface area contributed by atoms with Crippen LogP contribution in [0.2, 0.25) is 0 Å². The Morgan fingerprint density at radius 2 is 1.54 bits per heavy atom. The molecule has 0 spiro atoms. The lowest BCUT2D eigenvalue weighted by molar-refractivity contribution is -0.0118. The van der Waals surface area contributed by atoms with Crippen molar-refractivity contribution in [1.29, 1.82) is 0 Å². The Bertz CT molecular complexity index is 629. The van der Waals surface area contributed by atoms with Gasteiger partial charge in [0.2, 0.25) is 0 Å². The number of aliphatic hydroxyl groups is 3. The van der Waals surface area contributed by atoms with Gasteiger partial charge in [-0.05, 0) is 23.6 Å². The van der Waals surface area contributed by atoms with Crippen LogP contribution in [-0.4, -0.2) is 65.8 Å². The van der Waals surface area contributed by atoms with Crippen molar-refractivity contribution in [3.8, 4) is 0 Å². The topological polar surface area (TPSA) is 73.2 Å². The van der Waals surface area contributed by atoms with Crippen molar-refractivity contribution in [2.45, 2.75) is 19.1 Å². The third-order valence-corrected chi connectivity index (χ3v) is 4.33. The molecular formula is C21H29NO4. The third-order valence-electron chi connectivity index (χ3n) is 4.33. The molecule has 0 aromatic heterocycles. The number of ether oxygens (including phenoxy) is 1. The van der Waals surface area contributed by atoms with Crippen LogP contribution in [0.15, 0.2) is 54.6 Å². The highest BCUT2D eigenvalue weighted by molar-refractivity contribution is 5.35. The average molecular weight is 359 g/mol. The molecule has 2 aromatic carbocycles. The fourth-order valence-electron chi connectivity index (χ4n) is 3.01. The van der Waals surface area contributed by atoms with E-state index in [1.165, 1.54) is 0 Å². The maximum Gasteiger partial charge on any atom is 0.108 e. The van der Waals surface area contributed by atoms with E-state index in [4.69, 9.17) is 14.9 Å². The second-order valence-corrected chi connectivity index (χ2v) is 6.38. The summed E-state index contributed by atoms with van der Waals surface area (Å²) in [6, 6.07) is 18.0. The first-order valence-electron chi connectivity index (χ1n) is 9.00. The van der Waals surface area contributed by atoms with Gasteiger partial charge in [0.1, 0.15) is 6.10 Å². The zero-order valence-electron chi connectivity index (χ0n) is 15.3. The lowest BCUT2D eigenvalue weighted by atomic mass is 9.97. The lowest BCUT2D eigenvalue weighted by Gasteiger charge is -2.26. The summed E-state index contributed by atoms with van der Waals surface area (Å²) < 4.78 is 6.11. The van der Waals surface area contributed by atoms with E-state index in [2.05, 4.69) is 13.0 Å². The van der Waals surface area contributed by atoms with Crippen LogP contribution in [0, 0.1) is 6.92 Å². The minimum atomic E-state index is -0.705. The van der Waals surface area contributed by atoms with Crippen LogP contribution in [0.25, 0.3) is 0 Å². The van der Waals surface area contributed by atoms with E-state index in [1.807, 2.05) is 53.4 Å². The molecule has 142 valence electrons. The van der Waals surface area contributed by atoms with Gasteiger partial charge in [0.15, 0.2) is 0 Å². The van der Waals surface area contributed by atoms with Crippen molar-refractivity contribution in [2.24, 2.45) is 0 Å². The molecule has 0 aliphatic heterocycles. The van der Waals surface area contributed by atoms with Crippen molar-refractivity contribution in [3.63, 3.8) is 0 Å². The van der Waals surface area contributed by atoms with E-state index < -0.39 is 6.10 Å². The molecule has 0 heterocycles. The van der Waals surface area contributed by atoms with Gasteiger partial charge in [-0.3, -0.25) is 4.90 Å². The van der Waals surface area contributed by atoms with E-state index in [0.29, 0.717) is 19.6 Å². The Morgan fingerprint density at radius 3 is 2.15 bits per heavy atom. The standard InChI is InChI=1S/C21H29NO4/c1-17-7-5-6-10-20(17)21(18-8-3-2-4-9-18)26-16-19(25)15-22(11-13-23)12-14-24/h2-10,19,21,23-25H,11-16H2,1H3/t19-,21-/m0/s1. The highest BCUT2D eigenvalue weighted by atomic mass is 16.5. The molecule has 0 amide bonds.